The van der Waals surface area contributed by atoms with Gasteiger partial charge in [-0.25, -0.2) is 0 Å². The number of para-hydroxylation sites is 3. The Balaban J connectivity index is 1.80. The van der Waals surface area contributed by atoms with Crippen LogP contribution in [0.5, 0.6) is 5.75 Å². The van der Waals surface area contributed by atoms with Crippen molar-refractivity contribution in [3.63, 3.8) is 0 Å². The lowest BCUT2D eigenvalue weighted by Crippen LogP contribution is -2.04. The van der Waals surface area contributed by atoms with Crippen LogP contribution >= 0.6 is 0 Å². The highest BCUT2D eigenvalue weighted by Gasteiger charge is 2.06. The summed E-state index contributed by atoms with van der Waals surface area (Å²) in [6, 6.07) is 15.7. The number of benzene rings is 2. The lowest BCUT2D eigenvalue weighted by Gasteiger charge is -2.12. The van der Waals surface area contributed by atoms with Crippen LogP contribution in [0.2, 0.25) is 0 Å². The molecule has 24 heavy (non-hydrogen) atoms. The molecule has 0 aliphatic heterocycles. The third-order valence-electron chi connectivity index (χ3n) is 3.40. The van der Waals surface area contributed by atoms with Crippen molar-refractivity contribution in [1.29, 1.82) is 0 Å². The molecule has 3 aromatic rings. The van der Waals surface area contributed by atoms with Crippen LogP contribution in [0.1, 0.15) is 12.5 Å². The zero-order valence-corrected chi connectivity index (χ0v) is 13.7. The average Bonchev–Trinajstić information content (AvgIpc) is 2.59. The van der Waals surface area contributed by atoms with Gasteiger partial charge in [0.05, 0.1) is 18.5 Å². The van der Waals surface area contributed by atoms with E-state index in [0.717, 1.165) is 22.7 Å². The molecule has 0 aliphatic carbocycles. The minimum atomic E-state index is 0.434. The van der Waals surface area contributed by atoms with E-state index in [2.05, 4.69) is 25.8 Å². The zero-order valence-electron chi connectivity index (χ0n) is 13.7. The van der Waals surface area contributed by atoms with E-state index in [4.69, 9.17) is 4.74 Å². The van der Waals surface area contributed by atoms with Gasteiger partial charge < -0.3 is 15.4 Å². The smallest absolute Gasteiger partial charge is 0.249 e. The molecular weight excluding hydrogens is 302 g/mol. The Bertz CT molecular complexity index is 822. The van der Waals surface area contributed by atoms with E-state index >= 15 is 0 Å². The Morgan fingerprint density at radius 1 is 0.958 bits per heavy atom. The number of hydrogen-bond acceptors (Lipinski definition) is 6. The van der Waals surface area contributed by atoms with Gasteiger partial charge in [0.15, 0.2) is 5.82 Å². The number of anilines is 4. The van der Waals surface area contributed by atoms with Gasteiger partial charge in [-0.15, -0.1) is 5.10 Å². The van der Waals surface area contributed by atoms with E-state index in [1.54, 1.807) is 6.20 Å². The van der Waals surface area contributed by atoms with Gasteiger partial charge in [-0.2, -0.15) is 10.1 Å². The Morgan fingerprint density at radius 2 is 1.71 bits per heavy atom. The van der Waals surface area contributed by atoms with E-state index in [9.17, 15) is 0 Å². The second-order valence-electron chi connectivity index (χ2n) is 5.16. The highest BCUT2D eigenvalue weighted by atomic mass is 16.5. The molecule has 6 nitrogen and oxygen atoms in total. The molecule has 122 valence electrons. The maximum atomic E-state index is 5.61. The predicted molar refractivity (Wildman–Crippen MR) is 95.2 cm³/mol. The normalized spacial score (nSPS) is 10.2. The Morgan fingerprint density at radius 3 is 2.50 bits per heavy atom. The van der Waals surface area contributed by atoms with E-state index in [-0.39, 0.29) is 0 Å². The number of ether oxygens (including phenoxy) is 1. The lowest BCUT2D eigenvalue weighted by atomic mass is 10.2. The highest BCUT2D eigenvalue weighted by Crippen LogP contribution is 2.26. The molecule has 2 aromatic carbocycles. The topological polar surface area (TPSA) is 72.0 Å². The molecule has 0 saturated heterocycles. The third-order valence-corrected chi connectivity index (χ3v) is 3.40. The van der Waals surface area contributed by atoms with Gasteiger partial charge in [-0.05, 0) is 37.6 Å². The van der Waals surface area contributed by atoms with Crippen LogP contribution in [0.25, 0.3) is 0 Å². The molecule has 0 radical (unpaired) electrons. The summed E-state index contributed by atoms with van der Waals surface area (Å²) in [5.41, 5.74) is 2.90. The van der Waals surface area contributed by atoms with Crippen molar-refractivity contribution >= 4 is 23.1 Å². The molecule has 2 N–H and O–H groups in total. The molecule has 0 fully saturated rings. The van der Waals surface area contributed by atoms with E-state index in [1.807, 2.05) is 62.4 Å². The van der Waals surface area contributed by atoms with Crippen molar-refractivity contribution in [3.05, 3.63) is 60.3 Å². The first-order valence-electron chi connectivity index (χ1n) is 7.77. The van der Waals surface area contributed by atoms with Gasteiger partial charge in [-0.1, -0.05) is 30.3 Å². The first kappa shape index (κ1) is 15.7. The third kappa shape index (κ3) is 3.78. The Kier molecular flexibility index (Phi) is 4.86. The molecule has 0 bridgehead atoms. The molecule has 0 aliphatic rings. The molecule has 0 unspecified atom stereocenters. The number of aromatic nitrogens is 3. The Hall–Kier alpha value is -3.15. The summed E-state index contributed by atoms with van der Waals surface area (Å²) in [5, 5.41) is 14.4. The summed E-state index contributed by atoms with van der Waals surface area (Å²) in [6.45, 7) is 4.57. The van der Waals surface area contributed by atoms with Crippen LogP contribution < -0.4 is 15.4 Å². The molecule has 0 spiro atoms. The first-order valence-corrected chi connectivity index (χ1v) is 7.77. The second-order valence-corrected chi connectivity index (χ2v) is 5.16. The number of nitrogens with one attached hydrogen (secondary N) is 2. The van der Waals surface area contributed by atoms with Crippen LogP contribution in [0.15, 0.2) is 54.7 Å². The van der Waals surface area contributed by atoms with Gasteiger partial charge in [0, 0.05) is 5.69 Å². The van der Waals surface area contributed by atoms with E-state index in [1.165, 1.54) is 0 Å². The summed E-state index contributed by atoms with van der Waals surface area (Å²) in [6.07, 6.45) is 1.58. The molecule has 0 atom stereocenters. The summed E-state index contributed by atoms with van der Waals surface area (Å²) in [5.74, 6) is 1.79. The summed E-state index contributed by atoms with van der Waals surface area (Å²) in [7, 11) is 0. The van der Waals surface area contributed by atoms with Gasteiger partial charge in [-0.3, -0.25) is 0 Å². The molecule has 1 aromatic heterocycles. The molecule has 0 amide bonds. The van der Waals surface area contributed by atoms with Crippen LogP contribution in [-0.4, -0.2) is 21.8 Å². The van der Waals surface area contributed by atoms with Gasteiger partial charge in [0.25, 0.3) is 0 Å². The van der Waals surface area contributed by atoms with Gasteiger partial charge >= 0.3 is 0 Å². The molecule has 3 rings (SSSR count). The van der Waals surface area contributed by atoms with Crippen LogP contribution in [-0.2, 0) is 0 Å². The average molecular weight is 321 g/mol. The lowest BCUT2D eigenvalue weighted by molar-refractivity contribution is 0.342. The van der Waals surface area contributed by atoms with Crippen LogP contribution in [0.3, 0.4) is 0 Å². The zero-order chi connectivity index (χ0) is 16.8. The number of hydrogen-bond donors (Lipinski definition) is 2. The van der Waals surface area contributed by atoms with Crippen LogP contribution in [0, 0.1) is 6.92 Å². The van der Waals surface area contributed by atoms with Crippen molar-refractivity contribution in [1.82, 2.24) is 15.2 Å². The number of aryl methyl sites for hydroxylation is 1. The molecular formula is C18H19N5O. The minimum Gasteiger partial charge on any atom is -0.492 e. The van der Waals surface area contributed by atoms with Crippen molar-refractivity contribution < 1.29 is 4.74 Å². The maximum absolute atomic E-state index is 5.61. The fraction of sp³-hybridized carbons (Fsp3) is 0.167. The standard InChI is InChI=1S/C18H19N5O/c1-3-24-16-11-7-6-10-15(16)20-17-12-19-23-18(22-17)21-14-9-5-4-8-13(14)2/h4-12H,3H2,1-2H3,(H2,20,21,22,23). The second kappa shape index (κ2) is 7.41. The van der Waals surface area contributed by atoms with Crippen molar-refractivity contribution in [2.75, 3.05) is 17.2 Å². The van der Waals surface area contributed by atoms with Crippen molar-refractivity contribution in [3.8, 4) is 5.75 Å². The minimum absolute atomic E-state index is 0.434. The van der Waals surface area contributed by atoms with Gasteiger partial charge in [0.2, 0.25) is 5.95 Å². The SMILES string of the molecule is CCOc1ccccc1Nc1cnnc(Nc2ccccc2C)n1. The van der Waals surface area contributed by atoms with E-state index in [0.29, 0.717) is 18.4 Å². The monoisotopic (exact) mass is 321 g/mol. The number of rotatable bonds is 6. The first-order chi connectivity index (χ1) is 11.8. The fourth-order valence-electron chi connectivity index (χ4n) is 2.24. The molecule has 1 heterocycles. The van der Waals surface area contributed by atoms with E-state index < -0.39 is 0 Å². The van der Waals surface area contributed by atoms with Crippen molar-refractivity contribution in [2.24, 2.45) is 0 Å². The van der Waals surface area contributed by atoms with Crippen molar-refractivity contribution in [2.45, 2.75) is 13.8 Å². The van der Waals surface area contributed by atoms with Gasteiger partial charge in [0.1, 0.15) is 5.75 Å². The summed E-state index contributed by atoms with van der Waals surface area (Å²) < 4.78 is 5.61. The quantitative estimate of drug-likeness (QED) is 0.713. The summed E-state index contributed by atoms with van der Waals surface area (Å²) in [4.78, 5) is 4.45. The fourth-order valence-corrected chi connectivity index (χ4v) is 2.24. The summed E-state index contributed by atoms with van der Waals surface area (Å²) >= 11 is 0. The predicted octanol–water partition coefficient (Wildman–Crippen LogP) is 4.07. The molecule has 6 heteroatoms. The maximum Gasteiger partial charge on any atom is 0.249 e. The van der Waals surface area contributed by atoms with Crippen LogP contribution in [0.4, 0.5) is 23.1 Å². The number of nitrogens with zero attached hydrogens (tertiary/aromatic N) is 3. The highest BCUT2D eigenvalue weighted by molar-refractivity contribution is 5.65. The Labute approximate surface area is 140 Å². The molecule has 0 saturated carbocycles. The largest absolute Gasteiger partial charge is 0.492 e.